The summed E-state index contributed by atoms with van der Waals surface area (Å²) in [6.07, 6.45) is 8.44. The van der Waals surface area contributed by atoms with Gasteiger partial charge < -0.3 is 10.6 Å². The van der Waals surface area contributed by atoms with Crippen LogP contribution in [0.4, 0.5) is 0 Å². The Hall–Kier alpha value is -0.0800. The van der Waals surface area contributed by atoms with Gasteiger partial charge in [-0.15, -0.1) is 0 Å². The monoisotopic (exact) mass is 238 g/mol. The van der Waals surface area contributed by atoms with E-state index >= 15 is 0 Å². The third-order valence-corrected chi connectivity index (χ3v) is 5.02. The number of nitrogens with zero attached hydrogens (tertiary/aromatic N) is 1. The maximum Gasteiger partial charge on any atom is 0.00985 e. The van der Waals surface area contributed by atoms with Crippen molar-refractivity contribution in [1.29, 1.82) is 0 Å². The van der Waals surface area contributed by atoms with Gasteiger partial charge in [0.1, 0.15) is 0 Å². The molecule has 2 aliphatic rings. The average Bonchev–Trinajstić information content (AvgIpc) is 2.89. The van der Waals surface area contributed by atoms with Crippen molar-refractivity contribution < 1.29 is 0 Å². The van der Waals surface area contributed by atoms with Gasteiger partial charge in [0.15, 0.2) is 0 Å². The molecular formula is C15H30N2. The fraction of sp³-hybridized carbons (Fsp3) is 1.00. The minimum Gasteiger partial charge on any atom is -0.330 e. The maximum atomic E-state index is 5.70. The van der Waals surface area contributed by atoms with Gasteiger partial charge >= 0.3 is 0 Å². The minimum atomic E-state index is 0.800. The summed E-state index contributed by atoms with van der Waals surface area (Å²) in [7, 11) is 0. The lowest BCUT2D eigenvalue weighted by Crippen LogP contribution is -2.33. The Bertz CT molecular complexity index is 225. The zero-order valence-corrected chi connectivity index (χ0v) is 11.7. The van der Waals surface area contributed by atoms with Crippen molar-refractivity contribution in [3.8, 4) is 0 Å². The number of rotatable bonds is 7. The summed E-state index contributed by atoms with van der Waals surface area (Å²) in [5, 5.41) is 0. The van der Waals surface area contributed by atoms with E-state index in [1.165, 1.54) is 51.6 Å². The highest BCUT2D eigenvalue weighted by Gasteiger charge is 2.37. The summed E-state index contributed by atoms with van der Waals surface area (Å²) >= 11 is 0. The van der Waals surface area contributed by atoms with Gasteiger partial charge in [-0.1, -0.05) is 13.8 Å². The number of hydrogen-bond donors (Lipinski definition) is 1. The highest BCUT2D eigenvalue weighted by molar-refractivity contribution is 4.91. The quantitative estimate of drug-likeness (QED) is 0.739. The predicted molar refractivity (Wildman–Crippen MR) is 73.9 cm³/mol. The Morgan fingerprint density at radius 3 is 2.59 bits per heavy atom. The molecule has 1 saturated heterocycles. The number of nitrogens with two attached hydrogens (primary N) is 1. The van der Waals surface area contributed by atoms with E-state index < -0.39 is 0 Å². The van der Waals surface area contributed by atoms with Crippen LogP contribution in [0.3, 0.4) is 0 Å². The molecule has 2 nitrogen and oxygen atoms in total. The molecule has 3 atom stereocenters. The van der Waals surface area contributed by atoms with E-state index in [1.807, 2.05) is 0 Å². The second-order valence-corrected chi connectivity index (χ2v) is 6.55. The zero-order chi connectivity index (χ0) is 12.3. The Labute approximate surface area is 107 Å². The second kappa shape index (κ2) is 6.19. The molecule has 2 rings (SSSR count). The predicted octanol–water partition coefficient (Wildman–Crippen LogP) is 2.87. The van der Waals surface area contributed by atoms with Gasteiger partial charge in [0.25, 0.3) is 0 Å². The molecule has 0 aromatic carbocycles. The van der Waals surface area contributed by atoms with Crippen molar-refractivity contribution in [2.75, 3.05) is 19.6 Å². The Kier molecular flexibility index (Phi) is 4.87. The van der Waals surface area contributed by atoms with Crippen LogP contribution in [0.5, 0.6) is 0 Å². The molecule has 17 heavy (non-hydrogen) atoms. The van der Waals surface area contributed by atoms with Crippen LogP contribution in [0.15, 0.2) is 0 Å². The maximum absolute atomic E-state index is 5.70. The highest BCUT2D eigenvalue weighted by Crippen LogP contribution is 2.37. The van der Waals surface area contributed by atoms with Crippen LogP contribution in [-0.4, -0.2) is 30.6 Å². The molecule has 0 amide bonds. The van der Waals surface area contributed by atoms with E-state index in [0.717, 1.165) is 30.3 Å². The highest BCUT2D eigenvalue weighted by atomic mass is 15.2. The Morgan fingerprint density at radius 1 is 1.24 bits per heavy atom. The molecule has 0 spiro atoms. The van der Waals surface area contributed by atoms with E-state index in [9.17, 15) is 0 Å². The summed E-state index contributed by atoms with van der Waals surface area (Å²) < 4.78 is 0. The molecule has 2 N–H and O–H groups in total. The van der Waals surface area contributed by atoms with Crippen LogP contribution in [0.1, 0.15) is 52.4 Å². The van der Waals surface area contributed by atoms with E-state index in [2.05, 4.69) is 18.7 Å². The molecule has 0 radical (unpaired) electrons. The fourth-order valence-corrected chi connectivity index (χ4v) is 3.88. The molecule has 1 heterocycles. The topological polar surface area (TPSA) is 29.3 Å². The van der Waals surface area contributed by atoms with Gasteiger partial charge in [0.2, 0.25) is 0 Å². The van der Waals surface area contributed by atoms with Gasteiger partial charge in [-0.05, 0) is 69.4 Å². The van der Waals surface area contributed by atoms with E-state index in [0.29, 0.717) is 0 Å². The lowest BCUT2D eigenvalue weighted by Gasteiger charge is -2.28. The number of piperidine rings is 1. The Balaban J connectivity index is 1.64. The first-order valence-electron chi connectivity index (χ1n) is 7.64. The van der Waals surface area contributed by atoms with Gasteiger partial charge in [0.05, 0.1) is 0 Å². The molecular weight excluding hydrogens is 208 g/mol. The smallest absolute Gasteiger partial charge is 0.00985 e. The lowest BCUT2D eigenvalue weighted by atomic mass is 9.88. The molecule has 1 saturated carbocycles. The van der Waals surface area contributed by atoms with E-state index in [4.69, 9.17) is 5.73 Å². The van der Waals surface area contributed by atoms with Crippen LogP contribution < -0.4 is 5.73 Å². The molecule has 2 heteroatoms. The van der Waals surface area contributed by atoms with Crippen molar-refractivity contribution in [2.24, 2.45) is 23.5 Å². The molecule has 100 valence electrons. The summed E-state index contributed by atoms with van der Waals surface area (Å²) in [4.78, 5) is 2.76. The van der Waals surface area contributed by atoms with Gasteiger partial charge in [-0.2, -0.15) is 0 Å². The first kappa shape index (κ1) is 13.4. The van der Waals surface area contributed by atoms with E-state index in [-0.39, 0.29) is 0 Å². The number of likely N-dealkylation sites (tertiary alicyclic amines) is 1. The second-order valence-electron chi connectivity index (χ2n) is 6.55. The standard InChI is InChI=1S/C15H30N2/c1-12(2)14(7-8-16)4-3-9-17-11-13-5-6-15(17)10-13/h12-15H,3-11,16H2,1-2H3. The molecule has 1 aliphatic heterocycles. The SMILES string of the molecule is CC(C)C(CCN)CCCN1CC2CCC1C2. The van der Waals surface area contributed by atoms with Gasteiger partial charge in [-0.25, -0.2) is 0 Å². The molecule has 3 unspecified atom stereocenters. The average molecular weight is 238 g/mol. The van der Waals surface area contributed by atoms with Crippen molar-refractivity contribution in [3.63, 3.8) is 0 Å². The van der Waals surface area contributed by atoms with Crippen LogP contribution in [0.25, 0.3) is 0 Å². The van der Waals surface area contributed by atoms with Crippen molar-refractivity contribution in [2.45, 2.75) is 58.4 Å². The summed E-state index contributed by atoms with van der Waals surface area (Å²) in [5.74, 6) is 2.69. The Morgan fingerprint density at radius 2 is 2.06 bits per heavy atom. The lowest BCUT2D eigenvalue weighted by molar-refractivity contribution is 0.200. The van der Waals surface area contributed by atoms with Crippen LogP contribution in [-0.2, 0) is 0 Å². The summed E-state index contributed by atoms with van der Waals surface area (Å²) in [5.41, 5.74) is 5.70. The van der Waals surface area contributed by atoms with E-state index in [1.54, 1.807) is 0 Å². The summed E-state index contributed by atoms with van der Waals surface area (Å²) in [6, 6.07) is 0.951. The van der Waals surface area contributed by atoms with Crippen LogP contribution >= 0.6 is 0 Å². The first-order valence-corrected chi connectivity index (χ1v) is 7.64. The van der Waals surface area contributed by atoms with Gasteiger partial charge in [0, 0.05) is 12.6 Å². The molecule has 2 bridgehead atoms. The van der Waals surface area contributed by atoms with Crippen molar-refractivity contribution in [1.82, 2.24) is 4.90 Å². The molecule has 0 aromatic rings. The van der Waals surface area contributed by atoms with Crippen LogP contribution in [0, 0.1) is 17.8 Å². The largest absolute Gasteiger partial charge is 0.330 e. The zero-order valence-electron chi connectivity index (χ0n) is 11.7. The number of fused-ring (bicyclic) bond motifs is 2. The summed E-state index contributed by atoms with van der Waals surface area (Å²) in [6.45, 7) is 8.29. The van der Waals surface area contributed by atoms with Crippen LogP contribution in [0.2, 0.25) is 0 Å². The van der Waals surface area contributed by atoms with Crippen molar-refractivity contribution in [3.05, 3.63) is 0 Å². The number of hydrogen-bond acceptors (Lipinski definition) is 2. The fourth-order valence-electron chi connectivity index (χ4n) is 3.88. The normalized spacial score (nSPS) is 30.4. The van der Waals surface area contributed by atoms with Crippen molar-refractivity contribution >= 4 is 0 Å². The third-order valence-electron chi connectivity index (χ3n) is 5.02. The van der Waals surface area contributed by atoms with Gasteiger partial charge in [-0.3, -0.25) is 0 Å². The molecule has 1 aliphatic carbocycles. The third kappa shape index (κ3) is 3.45. The molecule has 0 aromatic heterocycles. The first-order chi connectivity index (χ1) is 8.20. The minimum absolute atomic E-state index is 0.800. The molecule has 2 fully saturated rings.